The predicted molar refractivity (Wildman–Crippen MR) is 92.6 cm³/mol. The quantitative estimate of drug-likeness (QED) is 0.819. The number of ether oxygens (including phenoxy) is 1. The minimum absolute atomic E-state index is 0.0214. The number of carbonyl (C=O) groups excluding carboxylic acids is 1. The molecule has 1 atom stereocenters. The Bertz CT molecular complexity index is 644. The first-order valence-electron chi connectivity index (χ1n) is 7.52. The topological polar surface area (TPSA) is 64.3 Å². The fraction of sp³-hybridized carbons (Fsp3) is 0.278. The van der Waals surface area contributed by atoms with E-state index in [1.807, 2.05) is 55.5 Å². The van der Waals surface area contributed by atoms with Crippen LogP contribution in [0, 0.1) is 0 Å². The van der Waals surface area contributed by atoms with Gasteiger partial charge in [-0.1, -0.05) is 35.9 Å². The molecule has 2 aromatic carbocycles. The Labute approximate surface area is 141 Å². The largest absolute Gasteiger partial charge is 0.489 e. The molecule has 2 aromatic rings. The van der Waals surface area contributed by atoms with Crippen molar-refractivity contribution in [3.63, 3.8) is 0 Å². The van der Waals surface area contributed by atoms with Gasteiger partial charge in [-0.2, -0.15) is 0 Å². The Balaban J connectivity index is 1.91. The van der Waals surface area contributed by atoms with Crippen LogP contribution < -0.4 is 15.8 Å². The fourth-order valence-corrected chi connectivity index (χ4v) is 2.19. The maximum Gasteiger partial charge on any atom is 0.224 e. The lowest BCUT2D eigenvalue weighted by atomic mass is 10.1. The van der Waals surface area contributed by atoms with Crippen molar-refractivity contribution in [3.8, 4) is 5.75 Å². The van der Waals surface area contributed by atoms with Gasteiger partial charge >= 0.3 is 0 Å². The van der Waals surface area contributed by atoms with Crippen molar-refractivity contribution in [1.82, 2.24) is 5.32 Å². The summed E-state index contributed by atoms with van der Waals surface area (Å²) in [6, 6.07) is 15.0. The van der Waals surface area contributed by atoms with E-state index in [9.17, 15) is 4.79 Å². The fourth-order valence-electron chi connectivity index (χ4n) is 2.06. The highest BCUT2D eigenvalue weighted by atomic mass is 35.5. The molecule has 23 heavy (non-hydrogen) atoms. The molecule has 1 amide bonds. The molecule has 122 valence electrons. The summed E-state index contributed by atoms with van der Waals surface area (Å²) in [5.74, 6) is 0.690. The third kappa shape index (κ3) is 5.93. The highest BCUT2D eigenvalue weighted by molar-refractivity contribution is 6.30. The molecule has 0 saturated carbocycles. The monoisotopic (exact) mass is 332 g/mol. The average Bonchev–Trinajstić information content (AvgIpc) is 2.54. The summed E-state index contributed by atoms with van der Waals surface area (Å²) in [5, 5.41) is 3.55. The van der Waals surface area contributed by atoms with E-state index in [4.69, 9.17) is 22.1 Å². The highest BCUT2D eigenvalue weighted by Crippen LogP contribution is 2.17. The van der Waals surface area contributed by atoms with Gasteiger partial charge in [-0.05, 0) is 42.3 Å². The number of benzene rings is 2. The van der Waals surface area contributed by atoms with Crippen LogP contribution in [0.3, 0.4) is 0 Å². The standard InChI is InChI=1S/C18H21ClN2O2/c1-13(11-20)21-18(22)10-15-3-2-4-17(9-15)23-12-14-5-7-16(19)8-6-14/h2-9,13H,10-12,20H2,1H3,(H,21,22)/t13-/m0/s1. The lowest BCUT2D eigenvalue weighted by Crippen LogP contribution is -2.38. The molecule has 0 aliphatic carbocycles. The molecule has 0 saturated heterocycles. The normalized spacial score (nSPS) is 11.8. The van der Waals surface area contributed by atoms with Crippen molar-refractivity contribution in [2.24, 2.45) is 5.73 Å². The third-order valence-corrected chi connectivity index (χ3v) is 3.59. The van der Waals surface area contributed by atoms with Crippen LogP contribution in [0.2, 0.25) is 5.02 Å². The van der Waals surface area contributed by atoms with E-state index in [-0.39, 0.29) is 11.9 Å². The van der Waals surface area contributed by atoms with Crippen molar-refractivity contribution < 1.29 is 9.53 Å². The van der Waals surface area contributed by atoms with Gasteiger partial charge in [-0.3, -0.25) is 4.79 Å². The van der Waals surface area contributed by atoms with Gasteiger partial charge in [-0.25, -0.2) is 0 Å². The van der Waals surface area contributed by atoms with E-state index in [1.54, 1.807) is 0 Å². The van der Waals surface area contributed by atoms with Crippen molar-refractivity contribution >= 4 is 17.5 Å². The van der Waals surface area contributed by atoms with Crippen LogP contribution in [0.4, 0.5) is 0 Å². The molecular formula is C18H21ClN2O2. The SMILES string of the molecule is C[C@@H](CN)NC(=O)Cc1cccc(OCc2ccc(Cl)cc2)c1. The molecule has 0 heterocycles. The van der Waals surface area contributed by atoms with Crippen molar-refractivity contribution in [2.45, 2.75) is 26.0 Å². The Morgan fingerprint density at radius 2 is 1.96 bits per heavy atom. The Morgan fingerprint density at radius 1 is 1.22 bits per heavy atom. The Kier molecular flexibility index (Phi) is 6.44. The van der Waals surface area contributed by atoms with Crippen molar-refractivity contribution in [1.29, 1.82) is 0 Å². The molecule has 5 heteroatoms. The van der Waals surface area contributed by atoms with Crippen LogP contribution in [-0.4, -0.2) is 18.5 Å². The molecule has 0 spiro atoms. The zero-order chi connectivity index (χ0) is 16.7. The second-order valence-electron chi connectivity index (χ2n) is 5.44. The minimum Gasteiger partial charge on any atom is -0.489 e. The molecule has 4 nitrogen and oxygen atoms in total. The average molecular weight is 333 g/mol. The molecule has 2 rings (SSSR count). The molecular weight excluding hydrogens is 312 g/mol. The van der Waals surface area contributed by atoms with Crippen LogP contribution in [0.1, 0.15) is 18.1 Å². The summed E-state index contributed by atoms with van der Waals surface area (Å²) in [7, 11) is 0. The molecule has 0 aromatic heterocycles. The van der Waals surface area contributed by atoms with Crippen molar-refractivity contribution in [3.05, 3.63) is 64.7 Å². The smallest absolute Gasteiger partial charge is 0.224 e. The summed E-state index contributed by atoms with van der Waals surface area (Å²) < 4.78 is 5.76. The predicted octanol–water partition coefficient (Wildman–Crippen LogP) is 2.92. The number of nitrogens with one attached hydrogen (secondary N) is 1. The van der Waals surface area contributed by atoms with Gasteiger partial charge < -0.3 is 15.8 Å². The Morgan fingerprint density at radius 3 is 2.65 bits per heavy atom. The van der Waals surface area contributed by atoms with Gasteiger partial charge in [0.15, 0.2) is 0 Å². The molecule has 0 radical (unpaired) electrons. The van der Waals surface area contributed by atoms with E-state index in [0.717, 1.165) is 16.9 Å². The lowest BCUT2D eigenvalue weighted by molar-refractivity contribution is -0.120. The molecule has 0 fully saturated rings. The van der Waals surface area contributed by atoms with Gasteiger partial charge in [0.1, 0.15) is 12.4 Å². The maximum atomic E-state index is 11.9. The minimum atomic E-state index is -0.0437. The molecule has 0 aliphatic rings. The second-order valence-corrected chi connectivity index (χ2v) is 5.88. The van der Waals surface area contributed by atoms with E-state index in [0.29, 0.717) is 24.6 Å². The lowest BCUT2D eigenvalue weighted by Gasteiger charge is -2.12. The summed E-state index contributed by atoms with van der Waals surface area (Å²) in [4.78, 5) is 11.9. The second kappa shape index (κ2) is 8.56. The van der Waals surface area contributed by atoms with E-state index in [1.165, 1.54) is 0 Å². The molecule has 0 bridgehead atoms. The molecule has 0 aliphatic heterocycles. The summed E-state index contributed by atoms with van der Waals surface area (Å²) in [6.45, 7) is 2.76. The first kappa shape index (κ1) is 17.3. The van der Waals surface area contributed by atoms with Crippen LogP contribution in [-0.2, 0) is 17.8 Å². The van der Waals surface area contributed by atoms with Crippen LogP contribution in [0.25, 0.3) is 0 Å². The first-order valence-corrected chi connectivity index (χ1v) is 7.90. The number of hydrogen-bond acceptors (Lipinski definition) is 3. The third-order valence-electron chi connectivity index (χ3n) is 3.34. The zero-order valence-electron chi connectivity index (χ0n) is 13.1. The van der Waals surface area contributed by atoms with Gasteiger partial charge in [0.05, 0.1) is 6.42 Å². The van der Waals surface area contributed by atoms with Crippen LogP contribution in [0.5, 0.6) is 5.75 Å². The van der Waals surface area contributed by atoms with Gasteiger partial charge in [0.2, 0.25) is 5.91 Å². The molecule has 3 N–H and O–H groups in total. The number of nitrogens with two attached hydrogens (primary N) is 1. The first-order chi connectivity index (χ1) is 11.1. The zero-order valence-corrected chi connectivity index (χ0v) is 13.8. The Hall–Kier alpha value is -2.04. The van der Waals surface area contributed by atoms with E-state index < -0.39 is 0 Å². The summed E-state index contributed by atoms with van der Waals surface area (Å²) in [6.07, 6.45) is 0.308. The van der Waals surface area contributed by atoms with Crippen LogP contribution >= 0.6 is 11.6 Å². The van der Waals surface area contributed by atoms with Gasteiger partial charge in [0, 0.05) is 17.6 Å². The van der Waals surface area contributed by atoms with Crippen LogP contribution in [0.15, 0.2) is 48.5 Å². The van der Waals surface area contributed by atoms with Crippen molar-refractivity contribution in [2.75, 3.05) is 6.54 Å². The highest BCUT2D eigenvalue weighted by Gasteiger charge is 2.07. The number of hydrogen-bond donors (Lipinski definition) is 2. The van der Waals surface area contributed by atoms with E-state index >= 15 is 0 Å². The summed E-state index contributed by atoms with van der Waals surface area (Å²) in [5.41, 5.74) is 7.44. The number of halogens is 1. The van der Waals surface area contributed by atoms with Gasteiger partial charge in [0.25, 0.3) is 0 Å². The van der Waals surface area contributed by atoms with E-state index in [2.05, 4.69) is 5.32 Å². The number of amides is 1. The summed E-state index contributed by atoms with van der Waals surface area (Å²) >= 11 is 5.86. The maximum absolute atomic E-state index is 11.9. The number of rotatable bonds is 7. The number of carbonyl (C=O) groups is 1. The molecule has 0 unspecified atom stereocenters. The van der Waals surface area contributed by atoms with Gasteiger partial charge in [-0.15, -0.1) is 0 Å².